The van der Waals surface area contributed by atoms with Gasteiger partial charge in [-0.25, -0.2) is 9.98 Å². The standard InChI is InChI=1S/C27H26N6O/c1-17-7-8-21(13-18(2)24(17)34-3)27(25-23(26(28)33-27)31-11-12-32-25)15-19-5-4-6-20(14-19)22-16-29-9-10-30-22/h4-7,9-14,16H,8,15H2,1-3H3,(H2,28,33). The zero-order valence-electron chi connectivity index (χ0n) is 19.5. The van der Waals surface area contributed by atoms with Crippen molar-refractivity contribution in [3.05, 3.63) is 107 Å². The molecule has 2 aliphatic rings. The van der Waals surface area contributed by atoms with E-state index in [-0.39, 0.29) is 0 Å². The zero-order chi connectivity index (χ0) is 23.7. The summed E-state index contributed by atoms with van der Waals surface area (Å²) in [5.74, 6) is 1.29. The molecule has 1 aromatic carbocycles. The van der Waals surface area contributed by atoms with Crippen molar-refractivity contribution in [2.24, 2.45) is 10.7 Å². The third-order valence-electron chi connectivity index (χ3n) is 6.36. The Hall–Kier alpha value is -4.13. The highest BCUT2D eigenvalue weighted by Crippen LogP contribution is 2.45. The van der Waals surface area contributed by atoms with Crippen molar-refractivity contribution in [1.29, 1.82) is 0 Å². The van der Waals surface area contributed by atoms with Crippen molar-refractivity contribution < 1.29 is 4.74 Å². The minimum atomic E-state index is -0.768. The monoisotopic (exact) mass is 450 g/mol. The summed E-state index contributed by atoms with van der Waals surface area (Å²) in [4.78, 5) is 23.0. The molecule has 5 rings (SSSR count). The number of nitrogens with two attached hydrogens (primary N) is 1. The molecular formula is C27H26N6O. The number of aliphatic imine (C=N–C) groups is 1. The van der Waals surface area contributed by atoms with Gasteiger partial charge in [-0.1, -0.05) is 30.4 Å². The molecule has 2 aromatic heterocycles. The summed E-state index contributed by atoms with van der Waals surface area (Å²) in [6.07, 6.45) is 14.1. The molecule has 0 spiro atoms. The number of fused-ring (bicyclic) bond motifs is 1. The second-order valence-corrected chi connectivity index (χ2v) is 8.56. The third kappa shape index (κ3) is 3.69. The number of benzene rings is 1. The van der Waals surface area contributed by atoms with E-state index in [2.05, 4.69) is 53.1 Å². The summed E-state index contributed by atoms with van der Waals surface area (Å²) in [5.41, 5.74) is 13.2. The van der Waals surface area contributed by atoms with E-state index in [1.807, 2.05) is 12.1 Å². The van der Waals surface area contributed by atoms with Gasteiger partial charge in [0.05, 0.1) is 19.0 Å². The van der Waals surface area contributed by atoms with Gasteiger partial charge in [0, 0.05) is 36.8 Å². The Labute approximate surface area is 198 Å². The Morgan fingerprint density at radius 2 is 1.88 bits per heavy atom. The van der Waals surface area contributed by atoms with E-state index in [1.54, 1.807) is 38.1 Å². The number of nitrogens with zero attached hydrogens (tertiary/aromatic N) is 5. The highest BCUT2D eigenvalue weighted by molar-refractivity contribution is 6.00. The smallest absolute Gasteiger partial charge is 0.147 e. The van der Waals surface area contributed by atoms with Crippen LogP contribution in [0.5, 0.6) is 0 Å². The Balaban J connectivity index is 1.66. The highest BCUT2D eigenvalue weighted by atomic mass is 16.5. The van der Waals surface area contributed by atoms with Gasteiger partial charge in [0.2, 0.25) is 0 Å². The van der Waals surface area contributed by atoms with E-state index >= 15 is 0 Å². The molecule has 1 aliphatic heterocycles. The molecule has 1 atom stereocenters. The van der Waals surface area contributed by atoms with Crippen molar-refractivity contribution in [2.45, 2.75) is 32.2 Å². The molecular weight excluding hydrogens is 424 g/mol. The van der Waals surface area contributed by atoms with Crippen molar-refractivity contribution in [2.75, 3.05) is 7.11 Å². The quantitative estimate of drug-likeness (QED) is 0.623. The van der Waals surface area contributed by atoms with Crippen molar-refractivity contribution in [3.63, 3.8) is 0 Å². The molecule has 1 unspecified atom stereocenters. The van der Waals surface area contributed by atoms with Crippen LogP contribution in [-0.2, 0) is 16.7 Å². The van der Waals surface area contributed by atoms with Crippen LogP contribution in [0.1, 0.15) is 37.2 Å². The summed E-state index contributed by atoms with van der Waals surface area (Å²) in [6.45, 7) is 4.12. The maximum atomic E-state index is 6.41. The second kappa shape index (κ2) is 8.67. The largest absolute Gasteiger partial charge is 0.496 e. The number of hydrogen-bond donors (Lipinski definition) is 1. The SMILES string of the molecule is COC1=C(C)C=C(C2(Cc3cccc(-c4cnccn4)c3)N=C(N)c3nccnc32)CC=C1C. The van der Waals surface area contributed by atoms with Gasteiger partial charge >= 0.3 is 0 Å². The molecule has 0 fully saturated rings. The Morgan fingerprint density at radius 3 is 2.68 bits per heavy atom. The summed E-state index contributed by atoms with van der Waals surface area (Å²) in [6, 6.07) is 8.30. The summed E-state index contributed by atoms with van der Waals surface area (Å²) >= 11 is 0. The molecule has 7 heteroatoms. The van der Waals surface area contributed by atoms with E-state index in [0.717, 1.165) is 45.0 Å². The van der Waals surface area contributed by atoms with Crippen LogP contribution < -0.4 is 5.73 Å². The second-order valence-electron chi connectivity index (χ2n) is 8.56. The first-order chi connectivity index (χ1) is 16.5. The molecule has 34 heavy (non-hydrogen) atoms. The van der Waals surface area contributed by atoms with Crippen LogP contribution >= 0.6 is 0 Å². The zero-order valence-corrected chi connectivity index (χ0v) is 19.5. The fourth-order valence-electron chi connectivity index (χ4n) is 4.85. The van der Waals surface area contributed by atoms with Crippen LogP contribution in [0.25, 0.3) is 11.3 Å². The Bertz CT molecular complexity index is 1370. The van der Waals surface area contributed by atoms with Crippen LogP contribution in [-0.4, -0.2) is 32.9 Å². The predicted molar refractivity (Wildman–Crippen MR) is 132 cm³/mol. The van der Waals surface area contributed by atoms with Gasteiger partial charge in [0.1, 0.15) is 28.5 Å². The molecule has 0 bridgehead atoms. The van der Waals surface area contributed by atoms with Crippen LogP contribution in [0, 0.1) is 0 Å². The molecule has 3 heterocycles. The molecule has 0 saturated heterocycles. The minimum absolute atomic E-state index is 0.410. The van der Waals surface area contributed by atoms with E-state index < -0.39 is 5.54 Å². The van der Waals surface area contributed by atoms with E-state index in [4.69, 9.17) is 20.4 Å². The lowest BCUT2D eigenvalue weighted by Crippen LogP contribution is -2.29. The first-order valence-corrected chi connectivity index (χ1v) is 11.2. The first kappa shape index (κ1) is 21.7. The summed E-state index contributed by atoms with van der Waals surface area (Å²) < 4.78 is 5.68. The van der Waals surface area contributed by atoms with Crippen LogP contribution in [0.4, 0.5) is 0 Å². The lowest BCUT2D eigenvalue weighted by Gasteiger charge is -2.29. The number of aromatic nitrogens is 4. The van der Waals surface area contributed by atoms with Crippen LogP contribution in [0.2, 0.25) is 0 Å². The van der Waals surface area contributed by atoms with E-state index in [1.165, 1.54) is 0 Å². The van der Waals surface area contributed by atoms with E-state index in [9.17, 15) is 0 Å². The van der Waals surface area contributed by atoms with Crippen molar-refractivity contribution in [1.82, 2.24) is 19.9 Å². The highest BCUT2D eigenvalue weighted by Gasteiger charge is 2.45. The van der Waals surface area contributed by atoms with E-state index in [0.29, 0.717) is 24.4 Å². The molecule has 0 radical (unpaired) electrons. The van der Waals surface area contributed by atoms with Gasteiger partial charge in [-0.15, -0.1) is 0 Å². The van der Waals surface area contributed by atoms with Gasteiger partial charge < -0.3 is 10.5 Å². The number of amidine groups is 1. The van der Waals surface area contributed by atoms with Gasteiger partial charge in [-0.3, -0.25) is 15.0 Å². The maximum absolute atomic E-state index is 6.41. The molecule has 170 valence electrons. The topological polar surface area (TPSA) is 99.2 Å². The Morgan fingerprint density at radius 1 is 1.06 bits per heavy atom. The molecule has 1 aliphatic carbocycles. The lowest BCUT2D eigenvalue weighted by molar-refractivity contribution is 0.297. The molecule has 7 nitrogen and oxygen atoms in total. The third-order valence-corrected chi connectivity index (χ3v) is 6.36. The summed E-state index contributed by atoms with van der Waals surface area (Å²) in [7, 11) is 1.70. The van der Waals surface area contributed by atoms with Crippen molar-refractivity contribution in [3.8, 4) is 11.3 Å². The number of methoxy groups -OCH3 is 1. The van der Waals surface area contributed by atoms with Gasteiger partial charge in [0.25, 0.3) is 0 Å². The van der Waals surface area contributed by atoms with Crippen molar-refractivity contribution >= 4 is 5.84 Å². The molecule has 3 aromatic rings. The maximum Gasteiger partial charge on any atom is 0.147 e. The molecule has 2 N–H and O–H groups in total. The average Bonchev–Trinajstić information content (AvgIpc) is 3.05. The summed E-state index contributed by atoms with van der Waals surface area (Å²) in [5, 5.41) is 0. The average molecular weight is 451 g/mol. The van der Waals surface area contributed by atoms with Crippen LogP contribution in [0.3, 0.4) is 0 Å². The minimum Gasteiger partial charge on any atom is -0.496 e. The fraction of sp³-hybridized carbons (Fsp3) is 0.222. The Kier molecular flexibility index (Phi) is 5.53. The number of rotatable bonds is 5. The molecule has 0 amide bonds. The fourth-order valence-corrected chi connectivity index (χ4v) is 4.85. The predicted octanol–water partition coefficient (Wildman–Crippen LogP) is 4.29. The van der Waals surface area contributed by atoms with Gasteiger partial charge in [0.15, 0.2) is 0 Å². The number of allylic oxidation sites excluding steroid dienone is 4. The first-order valence-electron chi connectivity index (χ1n) is 11.2. The number of ether oxygens (including phenoxy) is 1. The molecule has 0 saturated carbocycles. The lowest BCUT2D eigenvalue weighted by atomic mass is 9.79. The normalized spacial score (nSPS) is 19.7. The van der Waals surface area contributed by atoms with Crippen LogP contribution in [0.15, 0.2) is 94.9 Å². The van der Waals surface area contributed by atoms with Gasteiger partial charge in [-0.2, -0.15) is 0 Å². The van der Waals surface area contributed by atoms with Gasteiger partial charge in [-0.05, 0) is 48.6 Å². The number of hydrogen-bond acceptors (Lipinski definition) is 7.